The second kappa shape index (κ2) is 7.68. The summed E-state index contributed by atoms with van der Waals surface area (Å²) in [5.41, 5.74) is -0.386. The van der Waals surface area contributed by atoms with Crippen molar-refractivity contribution in [1.29, 1.82) is 0 Å². The molecule has 1 aliphatic heterocycles. The molecule has 0 amide bonds. The van der Waals surface area contributed by atoms with Crippen LogP contribution in [0.15, 0.2) is 36.0 Å². The largest absolute Gasteiger partial charge is 0.385 e. The topological polar surface area (TPSA) is 88.0 Å². The molecular formula is C21H24N4O2S2. The van der Waals surface area contributed by atoms with Gasteiger partial charge >= 0.3 is 0 Å². The Bertz CT molecular complexity index is 999. The number of Topliss-reactive ketones (excluding diaryl/α,β-unsaturated/α-hetero) is 1. The third kappa shape index (κ3) is 3.77. The highest BCUT2D eigenvalue weighted by atomic mass is 32.1. The minimum atomic E-state index is -0.985. The summed E-state index contributed by atoms with van der Waals surface area (Å²) in [6.45, 7) is 6.13. The maximum atomic E-state index is 14.0. The number of carbonyl (C=O) groups excluding carboxylic acids is 1. The van der Waals surface area contributed by atoms with E-state index >= 15 is 0 Å². The van der Waals surface area contributed by atoms with Crippen molar-refractivity contribution in [3.05, 3.63) is 52.1 Å². The van der Waals surface area contributed by atoms with Crippen LogP contribution in [0, 0.1) is 0 Å². The zero-order valence-electron chi connectivity index (χ0n) is 16.7. The van der Waals surface area contributed by atoms with E-state index in [1.807, 2.05) is 17.5 Å². The lowest BCUT2D eigenvalue weighted by Crippen LogP contribution is -2.52. The first-order valence-corrected chi connectivity index (χ1v) is 11.3. The molecule has 3 aromatic rings. The summed E-state index contributed by atoms with van der Waals surface area (Å²) in [4.78, 5) is 24.2. The Morgan fingerprint density at radius 1 is 1.34 bits per heavy atom. The highest BCUT2D eigenvalue weighted by Crippen LogP contribution is 2.41. The van der Waals surface area contributed by atoms with Crippen LogP contribution < -0.4 is 5.32 Å². The zero-order chi connectivity index (χ0) is 20.6. The number of carbonyl (C=O) groups is 1. The van der Waals surface area contributed by atoms with Gasteiger partial charge in [0.15, 0.2) is 11.6 Å². The van der Waals surface area contributed by atoms with Gasteiger partial charge in [-0.1, -0.05) is 0 Å². The molecule has 29 heavy (non-hydrogen) atoms. The van der Waals surface area contributed by atoms with Gasteiger partial charge in [0.25, 0.3) is 0 Å². The maximum Gasteiger partial charge on any atom is 0.177 e. The third-order valence-corrected chi connectivity index (χ3v) is 7.49. The van der Waals surface area contributed by atoms with Crippen molar-refractivity contribution in [3.63, 3.8) is 0 Å². The highest BCUT2D eigenvalue weighted by Gasteiger charge is 2.46. The quantitative estimate of drug-likeness (QED) is 0.601. The Morgan fingerprint density at radius 2 is 2.10 bits per heavy atom. The summed E-state index contributed by atoms with van der Waals surface area (Å²) in [7, 11) is 0. The van der Waals surface area contributed by atoms with Gasteiger partial charge in [-0.2, -0.15) is 4.37 Å². The van der Waals surface area contributed by atoms with E-state index < -0.39 is 11.0 Å². The first-order chi connectivity index (χ1) is 13.8. The Labute approximate surface area is 178 Å². The number of hydrogen-bond acceptors (Lipinski definition) is 8. The molecule has 1 saturated heterocycles. The molecule has 1 aliphatic rings. The van der Waals surface area contributed by atoms with Crippen molar-refractivity contribution in [3.8, 4) is 10.7 Å². The molecule has 6 nitrogen and oxygen atoms in total. The van der Waals surface area contributed by atoms with E-state index in [9.17, 15) is 9.90 Å². The first kappa shape index (κ1) is 20.3. The van der Waals surface area contributed by atoms with Crippen LogP contribution in [0.5, 0.6) is 0 Å². The second-order valence-corrected chi connectivity index (χ2v) is 9.82. The fourth-order valence-electron chi connectivity index (χ4n) is 3.65. The van der Waals surface area contributed by atoms with Crippen molar-refractivity contribution in [1.82, 2.24) is 19.7 Å². The standard InChI is InChI=1S/C21H24N4O2S2/c1-13-5-7-21(12-24-13,15-11-16(29-25-15)20(2,3)27)18(26)14-6-10-28-17(14)19-22-8-4-9-23-19/h4,6,8-11,13,24,27H,5,7,12H2,1-3H3/t13-,21-/m1/s1. The molecule has 8 heteroatoms. The number of ketones is 1. The fourth-order valence-corrected chi connectivity index (χ4v) is 5.31. The van der Waals surface area contributed by atoms with Crippen molar-refractivity contribution < 1.29 is 9.90 Å². The molecular weight excluding hydrogens is 404 g/mol. The van der Waals surface area contributed by atoms with E-state index in [0.29, 0.717) is 30.4 Å². The van der Waals surface area contributed by atoms with E-state index in [1.165, 1.54) is 22.9 Å². The van der Waals surface area contributed by atoms with Crippen LogP contribution in [0.3, 0.4) is 0 Å². The lowest BCUT2D eigenvalue weighted by Gasteiger charge is -2.37. The fraction of sp³-hybridized carbons (Fsp3) is 0.429. The van der Waals surface area contributed by atoms with Gasteiger partial charge in [-0.3, -0.25) is 4.79 Å². The monoisotopic (exact) mass is 428 g/mol. The highest BCUT2D eigenvalue weighted by molar-refractivity contribution is 7.14. The van der Waals surface area contributed by atoms with E-state index in [2.05, 4.69) is 26.6 Å². The van der Waals surface area contributed by atoms with E-state index in [-0.39, 0.29) is 5.78 Å². The normalized spacial score (nSPS) is 22.6. The van der Waals surface area contributed by atoms with Crippen molar-refractivity contribution in [2.24, 2.45) is 0 Å². The van der Waals surface area contributed by atoms with Gasteiger partial charge in [0, 0.05) is 30.5 Å². The van der Waals surface area contributed by atoms with Gasteiger partial charge in [0.1, 0.15) is 0 Å². The van der Waals surface area contributed by atoms with Crippen LogP contribution in [0.1, 0.15) is 54.5 Å². The zero-order valence-corrected chi connectivity index (χ0v) is 18.3. The van der Waals surface area contributed by atoms with Gasteiger partial charge in [-0.15, -0.1) is 11.3 Å². The van der Waals surface area contributed by atoms with Gasteiger partial charge in [0.2, 0.25) is 0 Å². The molecule has 0 spiro atoms. The molecule has 0 aliphatic carbocycles. The predicted octanol–water partition coefficient (Wildman–Crippen LogP) is 3.78. The number of nitrogens with zero attached hydrogens (tertiary/aromatic N) is 3. The lowest BCUT2D eigenvalue weighted by molar-refractivity contribution is 0.0806. The Morgan fingerprint density at radius 3 is 2.72 bits per heavy atom. The van der Waals surface area contributed by atoms with Gasteiger partial charge in [-0.25, -0.2) is 9.97 Å². The Kier molecular flexibility index (Phi) is 5.37. The number of nitrogens with one attached hydrogen (secondary N) is 1. The van der Waals surface area contributed by atoms with Crippen molar-refractivity contribution >= 4 is 28.7 Å². The van der Waals surface area contributed by atoms with Crippen LogP contribution in [0.25, 0.3) is 10.7 Å². The predicted molar refractivity (Wildman–Crippen MR) is 115 cm³/mol. The number of rotatable bonds is 5. The summed E-state index contributed by atoms with van der Waals surface area (Å²) in [6.07, 6.45) is 4.96. The molecule has 0 unspecified atom stereocenters. The molecule has 3 aromatic heterocycles. The van der Waals surface area contributed by atoms with Crippen LogP contribution in [0.2, 0.25) is 0 Å². The molecule has 0 bridgehead atoms. The minimum absolute atomic E-state index is 0.0354. The van der Waals surface area contributed by atoms with Crippen LogP contribution in [0.4, 0.5) is 0 Å². The van der Waals surface area contributed by atoms with Gasteiger partial charge < -0.3 is 10.4 Å². The van der Waals surface area contributed by atoms with Gasteiger partial charge in [-0.05, 0) is 68.7 Å². The summed E-state index contributed by atoms with van der Waals surface area (Å²) in [5.74, 6) is 0.599. The maximum absolute atomic E-state index is 14.0. The molecule has 1 fully saturated rings. The van der Waals surface area contributed by atoms with E-state index in [4.69, 9.17) is 0 Å². The van der Waals surface area contributed by atoms with Crippen molar-refractivity contribution in [2.45, 2.75) is 50.7 Å². The molecule has 2 atom stereocenters. The molecule has 0 saturated carbocycles. The molecule has 0 radical (unpaired) electrons. The van der Waals surface area contributed by atoms with Gasteiger partial charge in [0.05, 0.1) is 26.5 Å². The Balaban J connectivity index is 1.79. The van der Waals surface area contributed by atoms with Crippen LogP contribution in [-0.4, -0.2) is 37.8 Å². The second-order valence-electron chi connectivity index (χ2n) is 8.10. The molecule has 152 valence electrons. The van der Waals surface area contributed by atoms with E-state index in [1.54, 1.807) is 32.3 Å². The lowest BCUT2D eigenvalue weighted by atomic mass is 9.71. The smallest absolute Gasteiger partial charge is 0.177 e. The average molecular weight is 429 g/mol. The summed E-state index contributed by atoms with van der Waals surface area (Å²) >= 11 is 2.74. The number of aliphatic hydroxyl groups is 1. The average Bonchev–Trinajstić information content (AvgIpc) is 3.39. The number of thiophene rings is 1. The Hall–Kier alpha value is -2.00. The SMILES string of the molecule is C[C@@H]1CC[C@](C(=O)c2ccsc2-c2ncccn2)(c2cc(C(C)(C)O)sn2)CN1. The summed E-state index contributed by atoms with van der Waals surface area (Å²) in [6, 6.07) is 5.87. The van der Waals surface area contributed by atoms with E-state index in [0.717, 1.165) is 21.9 Å². The molecule has 4 rings (SSSR count). The first-order valence-electron chi connectivity index (χ1n) is 9.64. The van der Waals surface area contributed by atoms with Crippen LogP contribution >= 0.6 is 22.9 Å². The number of aromatic nitrogens is 3. The molecule has 0 aromatic carbocycles. The number of piperidine rings is 1. The molecule has 2 N–H and O–H groups in total. The summed E-state index contributed by atoms with van der Waals surface area (Å²) < 4.78 is 4.63. The molecule has 4 heterocycles. The van der Waals surface area contributed by atoms with Crippen LogP contribution in [-0.2, 0) is 11.0 Å². The minimum Gasteiger partial charge on any atom is -0.385 e. The summed E-state index contributed by atoms with van der Waals surface area (Å²) in [5, 5.41) is 15.8. The third-order valence-electron chi connectivity index (χ3n) is 5.47. The number of hydrogen-bond donors (Lipinski definition) is 2. The van der Waals surface area contributed by atoms with Crippen molar-refractivity contribution in [2.75, 3.05) is 6.54 Å².